The lowest BCUT2D eigenvalue weighted by Gasteiger charge is -2.20. The first kappa shape index (κ1) is 23.6. The zero-order valence-electron chi connectivity index (χ0n) is 18.7. The van der Waals surface area contributed by atoms with Crippen molar-refractivity contribution in [1.82, 2.24) is 4.57 Å². The second-order valence-electron chi connectivity index (χ2n) is 7.18. The highest BCUT2D eigenvalue weighted by Crippen LogP contribution is 2.42. The first-order valence-electron chi connectivity index (χ1n) is 10.4. The molecule has 2 aromatic carbocycles. The third-order valence-corrected chi connectivity index (χ3v) is 6.17. The van der Waals surface area contributed by atoms with Gasteiger partial charge in [0.25, 0.3) is 0 Å². The first-order valence-corrected chi connectivity index (χ1v) is 11.2. The molecule has 0 saturated heterocycles. The number of carbonyl (C=O) groups is 3. The van der Waals surface area contributed by atoms with E-state index in [0.717, 1.165) is 29.1 Å². The van der Waals surface area contributed by atoms with Gasteiger partial charge in [-0.2, -0.15) is 0 Å². The molecule has 0 saturated carbocycles. The minimum absolute atomic E-state index is 0.0621. The van der Waals surface area contributed by atoms with Crippen molar-refractivity contribution in [3.8, 4) is 5.69 Å². The number of fused-ring (bicyclic) bond motifs is 1. The lowest BCUT2D eigenvalue weighted by atomic mass is 10.2. The number of anilines is 2. The van der Waals surface area contributed by atoms with E-state index in [4.69, 9.17) is 4.74 Å². The summed E-state index contributed by atoms with van der Waals surface area (Å²) in [6.45, 7) is 1.48. The summed E-state index contributed by atoms with van der Waals surface area (Å²) < 4.78 is 11.4. The largest absolute Gasteiger partial charge is 0.465 e. The molecule has 0 aliphatic rings. The van der Waals surface area contributed by atoms with E-state index in [1.807, 2.05) is 47.2 Å². The minimum Gasteiger partial charge on any atom is -0.465 e. The van der Waals surface area contributed by atoms with Crippen LogP contribution in [0, 0.1) is 10.1 Å². The standard InChI is InChI=1S/C24H19N3O7S/c1-3-34-24(30)21(28)26(19-14-20(23(29)33-2)35-22(19)27(31)32)17-10-9-15-11-12-25(18(15)13-17)16-7-5-4-6-8-16/h4-14H,3H2,1-2H3. The Hall–Kier alpha value is -4.51. The second kappa shape index (κ2) is 9.77. The van der Waals surface area contributed by atoms with Crippen LogP contribution in [0.15, 0.2) is 66.9 Å². The topological polar surface area (TPSA) is 121 Å². The number of methoxy groups -OCH3 is 1. The molecule has 0 aliphatic carbocycles. The molecule has 0 bridgehead atoms. The molecule has 4 aromatic rings. The lowest BCUT2D eigenvalue weighted by molar-refractivity contribution is -0.379. The molecule has 0 aliphatic heterocycles. The van der Waals surface area contributed by atoms with Crippen LogP contribution in [0.4, 0.5) is 16.4 Å². The van der Waals surface area contributed by atoms with Gasteiger partial charge in [-0.05, 0) is 43.3 Å². The van der Waals surface area contributed by atoms with E-state index in [1.54, 1.807) is 18.2 Å². The van der Waals surface area contributed by atoms with E-state index < -0.39 is 27.8 Å². The molecule has 0 radical (unpaired) electrons. The van der Waals surface area contributed by atoms with Gasteiger partial charge >= 0.3 is 22.8 Å². The maximum absolute atomic E-state index is 13.2. The van der Waals surface area contributed by atoms with Gasteiger partial charge < -0.3 is 14.0 Å². The van der Waals surface area contributed by atoms with E-state index in [-0.39, 0.29) is 22.9 Å². The van der Waals surface area contributed by atoms with Crippen LogP contribution < -0.4 is 4.90 Å². The summed E-state index contributed by atoms with van der Waals surface area (Å²) in [5.41, 5.74) is 1.50. The maximum atomic E-state index is 13.2. The second-order valence-corrected chi connectivity index (χ2v) is 8.21. The Morgan fingerprint density at radius 1 is 1.09 bits per heavy atom. The number of amides is 1. The van der Waals surface area contributed by atoms with Gasteiger partial charge in [0.05, 0.1) is 29.8 Å². The predicted molar refractivity (Wildman–Crippen MR) is 129 cm³/mol. The van der Waals surface area contributed by atoms with Crippen molar-refractivity contribution in [2.75, 3.05) is 18.6 Å². The van der Waals surface area contributed by atoms with Crippen LogP contribution in [0.3, 0.4) is 0 Å². The molecule has 4 rings (SSSR count). The van der Waals surface area contributed by atoms with Gasteiger partial charge in [-0.15, -0.1) is 0 Å². The van der Waals surface area contributed by atoms with Crippen molar-refractivity contribution in [3.63, 3.8) is 0 Å². The molecule has 0 atom stereocenters. The fraction of sp³-hybridized carbons (Fsp3) is 0.125. The predicted octanol–water partition coefficient (Wildman–Crippen LogP) is 4.61. The summed E-state index contributed by atoms with van der Waals surface area (Å²) in [4.78, 5) is 49.6. The molecule has 0 fully saturated rings. The monoisotopic (exact) mass is 493 g/mol. The molecule has 10 nitrogen and oxygen atoms in total. The number of ether oxygens (including phenoxy) is 2. The van der Waals surface area contributed by atoms with Crippen LogP contribution in [0.1, 0.15) is 16.6 Å². The number of aromatic nitrogens is 1. The number of hydrogen-bond donors (Lipinski definition) is 0. The molecular weight excluding hydrogens is 474 g/mol. The van der Waals surface area contributed by atoms with Gasteiger partial charge in [-0.3, -0.25) is 19.8 Å². The molecule has 0 spiro atoms. The van der Waals surface area contributed by atoms with E-state index >= 15 is 0 Å². The van der Waals surface area contributed by atoms with Crippen molar-refractivity contribution < 1.29 is 28.8 Å². The zero-order valence-corrected chi connectivity index (χ0v) is 19.5. The van der Waals surface area contributed by atoms with E-state index in [2.05, 4.69) is 4.74 Å². The average Bonchev–Trinajstić information content (AvgIpc) is 3.49. The van der Waals surface area contributed by atoms with Crippen LogP contribution in [-0.2, 0) is 19.1 Å². The summed E-state index contributed by atoms with van der Waals surface area (Å²) in [6.07, 6.45) is 1.85. The van der Waals surface area contributed by atoms with Gasteiger partial charge in [-0.1, -0.05) is 35.6 Å². The van der Waals surface area contributed by atoms with Crippen LogP contribution in [0.5, 0.6) is 0 Å². The van der Waals surface area contributed by atoms with Gasteiger partial charge in [0.1, 0.15) is 10.6 Å². The van der Waals surface area contributed by atoms with Gasteiger partial charge in [-0.25, -0.2) is 9.59 Å². The Kier molecular flexibility index (Phi) is 6.60. The Bertz CT molecular complexity index is 1440. The van der Waals surface area contributed by atoms with Crippen molar-refractivity contribution in [3.05, 3.63) is 81.9 Å². The summed E-state index contributed by atoms with van der Waals surface area (Å²) in [5, 5.41) is 12.2. The van der Waals surface area contributed by atoms with Gasteiger partial charge in [0, 0.05) is 17.3 Å². The Balaban J connectivity index is 1.93. The molecule has 2 heterocycles. The quantitative estimate of drug-likeness (QED) is 0.166. The van der Waals surface area contributed by atoms with Crippen molar-refractivity contribution >= 4 is 56.5 Å². The van der Waals surface area contributed by atoms with Crippen LogP contribution in [0.25, 0.3) is 16.6 Å². The number of para-hydroxylation sites is 1. The Morgan fingerprint density at radius 2 is 1.83 bits per heavy atom. The number of carbonyl (C=O) groups excluding carboxylic acids is 3. The van der Waals surface area contributed by atoms with E-state index in [0.29, 0.717) is 16.9 Å². The number of hydrogen-bond acceptors (Lipinski definition) is 8. The summed E-state index contributed by atoms with van der Waals surface area (Å²) in [5.74, 6) is -3.13. The Morgan fingerprint density at radius 3 is 2.49 bits per heavy atom. The third-order valence-electron chi connectivity index (χ3n) is 5.11. The highest BCUT2D eigenvalue weighted by molar-refractivity contribution is 7.17. The Labute approximate surface area is 203 Å². The minimum atomic E-state index is -1.19. The number of benzene rings is 2. The molecule has 0 N–H and O–H groups in total. The molecule has 0 unspecified atom stereocenters. The summed E-state index contributed by atoms with van der Waals surface area (Å²) >= 11 is 0.546. The van der Waals surface area contributed by atoms with E-state index in [1.165, 1.54) is 6.92 Å². The molecule has 35 heavy (non-hydrogen) atoms. The molecule has 2 aromatic heterocycles. The highest BCUT2D eigenvalue weighted by atomic mass is 32.1. The fourth-order valence-electron chi connectivity index (χ4n) is 3.58. The number of nitrogens with zero attached hydrogens (tertiary/aromatic N) is 3. The number of esters is 2. The van der Waals surface area contributed by atoms with Gasteiger partial charge in [0.15, 0.2) is 0 Å². The lowest BCUT2D eigenvalue weighted by Crippen LogP contribution is -2.34. The average molecular weight is 493 g/mol. The number of rotatable bonds is 6. The summed E-state index contributed by atoms with van der Waals surface area (Å²) in [6, 6.07) is 17.4. The van der Waals surface area contributed by atoms with Crippen molar-refractivity contribution in [2.45, 2.75) is 6.92 Å². The SMILES string of the molecule is CCOC(=O)C(=O)N(c1ccc2ccn(-c3ccccc3)c2c1)c1cc(C(=O)OC)sc1[N+](=O)[O-]. The zero-order chi connectivity index (χ0) is 25.1. The molecule has 1 amide bonds. The maximum Gasteiger partial charge on any atom is 0.397 e. The van der Waals surface area contributed by atoms with Crippen LogP contribution in [0.2, 0.25) is 0 Å². The number of thiophene rings is 1. The van der Waals surface area contributed by atoms with Crippen molar-refractivity contribution in [2.24, 2.45) is 0 Å². The van der Waals surface area contributed by atoms with Crippen LogP contribution in [-0.4, -0.2) is 41.1 Å². The molecular formula is C24H19N3O7S. The first-order chi connectivity index (χ1) is 16.8. The molecule has 178 valence electrons. The third kappa shape index (κ3) is 4.49. The molecule has 11 heteroatoms. The number of nitro groups is 1. The highest BCUT2D eigenvalue weighted by Gasteiger charge is 2.35. The van der Waals surface area contributed by atoms with Gasteiger partial charge in [0.2, 0.25) is 0 Å². The van der Waals surface area contributed by atoms with Crippen LogP contribution >= 0.6 is 11.3 Å². The van der Waals surface area contributed by atoms with Crippen molar-refractivity contribution in [1.29, 1.82) is 0 Å². The van der Waals surface area contributed by atoms with E-state index in [9.17, 15) is 24.5 Å². The fourth-order valence-corrected chi connectivity index (χ4v) is 4.46. The summed E-state index contributed by atoms with van der Waals surface area (Å²) in [7, 11) is 1.14. The normalized spacial score (nSPS) is 10.7. The smallest absolute Gasteiger partial charge is 0.397 e.